The Hall–Kier alpha value is -0.190. The zero-order valence-corrected chi connectivity index (χ0v) is 11.7. The van der Waals surface area contributed by atoms with E-state index in [9.17, 15) is 0 Å². The molecule has 4 heteroatoms. The SMILES string of the molecule is COc1ccc(CC2CSCC2N)cc1Br. The number of hydrogen-bond donors (Lipinski definition) is 1. The Morgan fingerprint density at radius 3 is 2.88 bits per heavy atom. The van der Waals surface area contributed by atoms with Crippen molar-refractivity contribution in [3.05, 3.63) is 28.2 Å². The number of benzene rings is 1. The van der Waals surface area contributed by atoms with Gasteiger partial charge in [-0.2, -0.15) is 11.8 Å². The highest BCUT2D eigenvalue weighted by molar-refractivity contribution is 9.10. The molecule has 0 spiro atoms. The Balaban J connectivity index is 2.07. The summed E-state index contributed by atoms with van der Waals surface area (Å²) in [5, 5.41) is 0. The van der Waals surface area contributed by atoms with Crippen LogP contribution in [0.25, 0.3) is 0 Å². The highest BCUT2D eigenvalue weighted by atomic mass is 79.9. The lowest BCUT2D eigenvalue weighted by molar-refractivity contribution is 0.411. The first kappa shape index (κ1) is 12.3. The number of ether oxygens (including phenoxy) is 1. The largest absolute Gasteiger partial charge is 0.496 e. The molecule has 1 heterocycles. The lowest BCUT2D eigenvalue weighted by Gasteiger charge is -2.14. The molecule has 1 aliphatic rings. The van der Waals surface area contributed by atoms with E-state index < -0.39 is 0 Å². The average Bonchev–Trinajstić information content (AvgIpc) is 2.65. The highest BCUT2D eigenvalue weighted by Gasteiger charge is 2.24. The van der Waals surface area contributed by atoms with E-state index in [4.69, 9.17) is 10.5 Å². The van der Waals surface area contributed by atoms with Crippen LogP contribution in [-0.4, -0.2) is 24.7 Å². The third-order valence-corrected chi connectivity index (χ3v) is 4.87. The highest BCUT2D eigenvalue weighted by Crippen LogP contribution is 2.30. The van der Waals surface area contributed by atoms with Crippen LogP contribution in [-0.2, 0) is 6.42 Å². The fourth-order valence-electron chi connectivity index (χ4n) is 1.97. The first-order chi connectivity index (χ1) is 7.70. The minimum Gasteiger partial charge on any atom is -0.496 e. The maximum absolute atomic E-state index is 6.06. The van der Waals surface area contributed by atoms with Crippen LogP contribution in [0, 0.1) is 5.92 Å². The summed E-state index contributed by atoms with van der Waals surface area (Å²) in [4.78, 5) is 0. The van der Waals surface area contributed by atoms with Crippen LogP contribution < -0.4 is 10.5 Å². The van der Waals surface area contributed by atoms with Crippen LogP contribution in [0.1, 0.15) is 5.56 Å². The summed E-state index contributed by atoms with van der Waals surface area (Å²) in [6.45, 7) is 0. The van der Waals surface area contributed by atoms with Gasteiger partial charge in [0.25, 0.3) is 0 Å². The molecule has 16 heavy (non-hydrogen) atoms. The second-order valence-electron chi connectivity index (χ2n) is 4.13. The van der Waals surface area contributed by atoms with Crippen molar-refractivity contribution in [3.63, 3.8) is 0 Å². The first-order valence-corrected chi connectivity index (χ1v) is 7.31. The predicted octanol–water partition coefficient (Wildman–Crippen LogP) is 2.69. The predicted molar refractivity (Wildman–Crippen MR) is 73.2 cm³/mol. The summed E-state index contributed by atoms with van der Waals surface area (Å²) < 4.78 is 6.24. The lowest BCUT2D eigenvalue weighted by atomic mass is 9.95. The molecule has 0 aromatic heterocycles. The third-order valence-electron chi connectivity index (χ3n) is 2.96. The number of rotatable bonds is 3. The van der Waals surface area contributed by atoms with Gasteiger partial charge in [0.2, 0.25) is 0 Å². The van der Waals surface area contributed by atoms with Crippen molar-refractivity contribution in [2.45, 2.75) is 12.5 Å². The third kappa shape index (κ3) is 2.73. The molecular formula is C12H16BrNOS. The number of nitrogens with two attached hydrogens (primary N) is 1. The van der Waals surface area contributed by atoms with Crippen LogP contribution in [0.15, 0.2) is 22.7 Å². The van der Waals surface area contributed by atoms with Gasteiger partial charge in [0.05, 0.1) is 11.6 Å². The van der Waals surface area contributed by atoms with Crippen molar-refractivity contribution in [1.82, 2.24) is 0 Å². The molecule has 88 valence electrons. The fourth-order valence-corrected chi connectivity index (χ4v) is 3.90. The smallest absolute Gasteiger partial charge is 0.133 e. The van der Waals surface area contributed by atoms with Crippen molar-refractivity contribution in [2.75, 3.05) is 18.6 Å². The van der Waals surface area contributed by atoms with E-state index in [1.165, 1.54) is 11.3 Å². The van der Waals surface area contributed by atoms with E-state index in [2.05, 4.69) is 28.1 Å². The molecule has 2 N–H and O–H groups in total. The van der Waals surface area contributed by atoms with Gasteiger partial charge in [-0.3, -0.25) is 0 Å². The standard InChI is InChI=1S/C12H16BrNOS/c1-15-12-3-2-8(5-10(12)13)4-9-6-16-7-11(9)14/h2-3,5,9,11H,4,6-7,14H2,1H3. The van der Waals surface area contributed by atoms with E-state index in [1.54, 1.807) is 7.11 Å². The average molecular weight is 302 g/mol. The Bertz CT molecular complexity index is 372. The number of methoxy groups -OCH3 is 1. The molecule has 2 rings (SSSR count). The second kappa shape index (κ2) is 5.43. The van der Waals surface area contributed by atoms with Crippen molar-refractivity contribution < 1.29 is 4.74 Å². The van der Waals surface area contributed by atoms with Gasteiger partial charge in [-0.1, -0.05) is 6.07 Å². The molecule has 2 nitrogen and oxygen atoms in total. The zero-order valence-electron chi connectivity index (χ0n) is 9.28. The van der Waals surface area contributed by atoms with Crippen molar-refractivity contribution in [2.24, 2.45) is 11.7 Å². The van der Waals surface area contributed by atoms with Crippen LogP contribution in [0.5, 0.6) is 5.75 Å². The van der Waals surface area contributed by atoms with Crippen LogP contribution in [0.3, 0.4) is 0 Å². The summed E-state index contributed by atoms with van der Waals surface area (Å²) in [7, 11) is 1.68. The molecule has 0 saturated carbocycles. The summed E-state index contributed by atoms with van der Waals surface area (Å²) in [6, 6.07) is 6.62. The summed E-state index contributed by atoms with van der Waals surface area (Å²) in [6.07, 6.45) is 1.07. The summed E-state index contributed by atoms with van der Waals surface area (Å²) in [5.41, 5.74) is 7.39. The molecule has 2 atom stereocenters. The Kier molecular flexibility index (Phi) is 4.16. The zero-order chi connectivity index (χ0) is 11.5. The summed E-state index contributed by atoms with van der Waals surface area (Å²) in [5.74, 6) is 3.78. The van der Waals surface area contributed by atoms with E-state index in [-0.39, 0.29) is 0 Å². The van der Waals surface area contributed by atoms with Crippen molar-refractivity contribution in [3.8, 4) is 5.75 Å². The maximum Gasteiger partial charge on any atom is 0.133 e. The molecule has 1 aliphatic heterocycles. The summed E-state index contributed by atoms with van der Waals surface area (Å²) >= 11 is 5.47. The Morgan fingerprint density at radius 2 is 2.31 bits per heavy atom. The molecule has 0 amide bonds. The molecule has 0 bridgehead atoms. The van der Waals surface area contributed by atoms with Gasteiger partial charge in [-0.15, -0.1) is 0 Å². The number of thioether (sulfide) groups is 1. The van der Waals surface area contributed by atoms with Gasteiger partial charge < -0.3 is 10.5 Å². The molecular weight excluding hydrogens is 286 g/mol. The van der Waals surface area contributed by atoms with Gasteiger partial charge in [0.15, 0.2) is 0 Å². The molecule has 1 aromatic rings. The van der Waals surface area contributed by atoms with Crippen molar-refractivity contribution >= 4 is 27.7 Å². The lowest BCUT2D eigenvalue weighted by Crippen LogP contribution is -2.29. The fraction of sp³-hybridized carbons (Fsp3) is 0.500. The van der Waals surface area contributed by atoms with E-state index >= 15 is 0 Å². The van der Waals surface area contributed by atoms with Crippen LogP contribution in [0.4, 0.5) is 0 Å². The molecule has 1 saturated heterocycles. The Morgan fingerprint density at radius 1 is 1.50 bits per heavy atom. The van der Waals surface area contributed by atoms with E-state index in [1.807, 2.05) is 17.8 Å². The minimum atomic E-state index is 0.353. The normalized spacial score (nSPS) is 24.7. The topological polar surface area (TPSA) is 35.2 Å². The van der Waals surface area contributed by atoms with Gasteiger partial charge >= 0.3 is 0 Å². The molecule has 1 fully saturated rings. The van der Waals surface area contributed by atoms with E-state index in [0.29, 0.717) is 12.0 Å². The molecule has 0 aliphatic carbocycles. The quantitative estimate of drug-likeness (QED) is 0.932. The van der Waals surface area contributed by atoms with Crippen LogP contribution in [0.2, 0.25) is 0 Å². The molecule has 1 aromatic carbocycles. The molecule has 2 unspecified atom stereocenters. The second-order valence-corrected chi connectivity index (χ2v) is 6.06. The van der Waals surface area contributed by atoms with E-state index in [0.717, 1.165) is 22.4 Å². The first-order valence-electron chi connectivity index (χ1n) is 5.36. The van der Waals surface area contributed by atoms with Gasteiger partial charge in [-0.25, -0.2) is 0 Å². The number of halogens is 1. The van der Waals surface area contributed by atoms with Gasteiger partial charge in [-0.05, 0) is 51.7 Å². The number of hydrogen-bond acceptors (Lipinski definition) is 3. The maximum atomic E-state index is 6.06. The van der Waals surface area contributed by atoms with Gasteiger partial charge in [0, 0.05) is 11.8 Å². The van der Waals surface area contributed by atoms with Gasteiger partial charge in [0.1, 0.15) is 5.75 Å². The van der Waals surface area contributed by atoms with Crippen molar-refractivity contribution in [1.29, 1.82) is 0 Å². The Labute approximate surface area is 109 Å². The van der Waals surface area contributed by atoms with Crippen LogP contribution >= 0.6 is 27.7 Å². The molecule has 0 radical (unpaired) electrons. The minimum absolute atomic E-state index is 0.353. The monoisotopic (exact) mass is 301 g/mol.